The van der Waals surface area contributed by atoms with Gasteiger partial charge < -0.3 is 20.0 Å². The van der Waals surface area contributed by atoms with Gasteiger partial charge in [-0.3, -0.25) is 9.59 Å². The molecule has 9 heteroatoms. The molecule has 0 aliphatic heterocycles. The Morgan fingerprint density at radius 3 is 2.21 bits per heavy atom. The lowest BCUT2D eigenvalue weighted by Gasteiger charge is -2.15. The Balaban J connectivity index is 2.31. The van der Waals surface area contributed by atoms with Crippen LogP contribution in [0.4, 0.5) is 5.69 Å². The van der Waals surface area contributed by atoms with Crippen molar-refractivity contribution < 1.29 is 33.9 Å². The number of amides is 2. The first-order valence-electron chi connectivity index (χ1n) is 8.78. The van der Waals surface area contributed by atoms with Gasteiger partial charge in [-0.1, -0.05) is 31.2 Å². The fourth-order valence-electron chi connectivity index (χ4n) is 2.53. The maximum absolute atomic E-state index is 12.8. The second-order valence-electron chi connectivity index (χ2n) is 5.71. The molecule has 0 fully saturated rings. The van der Waals surface area contributed by atoms with Gasteiger partial charge in [0.25, 0.3) is 11.8 Å². The van der Waals surface area contributed by atoms with Crippen LogP contribution in [0, 0.1) is 0 Å². The topological polar surface area (TPSA) is 131 Å². The summed E-state index contributed by atoms with van der Waals surface area (Å²) in [5.74, 6) is -4.97. The highest BCUT2D eigenvalue weighted by molar-refractivity contribution is 6.28. The van der Waals surface area contributed by atoms with Gasteiger partial charge in [0, 0.05) is 5.69 Å². The Hall–Kier alpha value is -3.88. The lowest BCUT2D eigenvalue weighted by atomic mass is 10.1. The lowest BCUT2D eigenvalue weighted by Crippen LogP contribution is -2.31. The second kappa shape index (κ2) is 9.88. The number of aliphatic carboxylic acids is 1. The highest BCUT2D eigenvalue weighted by atomic mass is 16.7. The summed E-state index contributed by atoms with van der Waals surface area (Å²) in [5.41, 5.74) is 3.30. The quantitative estimate of drug-likeness (QED) is 0.500. The fourth-order valence-corrected chi connectivity index (χ4v) is 2.53. The zero-order valence-corrected chi connectivity index (χ0v) is 15.9. The molecule has 0 atom stereocenters. The Bertz CT molecular complexity index is 940. The molecule has 0 heterocycles. The van der Waals surface area contributed by atoms with Crippen molar-refractivity contribution in [3.63, 3.8) is 0 Å². The van der Waals surface area contributed by atoms with E-state index in [1.54, 1.807) is 24.5 Å². The number of anilines is 1. The summed E-state index contributed by atoms with van der Waals surface area (Å²) in [6.07, 6.45) is 0.714. The third kappa shape index (κ3) is 5.32. The van der Waals surface area contributed by atoms with Gasteiger partial charge in [-0.15, -0.1) is 0 Å². The number of benzene rings is 2. The van der Waals surface area contributed by atoms with Crippen molar-refractivity contribution >= 4 is 29.4 Å². The molecule has 0 spiro atoms. The minimum atomic E-state index is -1.86. The second-order valence-corrected chi connectivity index (χ2v) is 5.71. The molecule has 3 N–H and O–H groups in total. The molecule has 152 valence electrons. The van der Waals surface area contributed by atoms with Crippen LogP contribution in [0.1, 0.15) is 40.1 Å². The Morgan fingerprint density at radius 2 is 1.59 bits per heavy atom. The molecule has 9 nitrogen and oxygen atoms in total. The number of rotatable bonds is 6. The smallest absolute Gasteiger partial charge is 0.441 e. The molecule has 2 amide bonds. The van der Waals surface area contributed by atoms with Crippen LogP contribution >= 0.6 is 0 Å². The van der Waals surface area contributed by atoms with Crippen LogP contribution < -0.4 is 15.5 Å². The van der Waals surface area contributed by atoms with Gasteiger partial charge in [-0.05, 0) is 37.1 Å². The largest absolute Gasteiger partial charge is 0.492 e. The molecular weight excluding hydrogens is 380 g/mol. The van der Waals surface area contributed by atoms with E-state index in [0.29, 0.717) is 12.1 Å². The van der Waals surface area contributed by atoms with E-state index in [1.807, 2.05) is 19.1 Å². The SMILES string of the molecule is CCOc1c(C(=O)NOC(=O)C(=O)O)cccc1C(=O)Nc1ccccc1CC. The molecule has 0 unspecified atom stereocenters. The molecule has 2 rings (SSSR count). The Kier molecular flexibility index (Phi) is 7.30. The van der Waals surface area contributed by atoms with Crippen LogP contribution in [0.5, 0.6) is 5.75 Å². The van der Waals surface area contributed by atoms with Gasteiger partial charge in [0.05, 0.1) is 17.7 Å². The number of carbonyl (C=O) groups excluding carboxylic acids is 3. The third-order valence-corrected chi connectivity index (χ3v) is 3.85. The van der Waals surface area contributed by atoms with Crippen molar-refractivity contribution in [3.8, 4) is 5.75 Å². The maximum atomic E-state index is 12.8. The number of hydrogen-bond donors (Lipinski definition) is 3. The number of hydrogen-bond acceptors (Lipinski definition) is 6. The Morgan fingerprint density at radius 1 is 0.931 bits per heavy atom. The van der Waals surface area contributed by atoms with E-state index in [4.69, 9.17) is 9.84 Å². The van der Waals surface area contributed by atoms with Gasteiger partial charge in [0.15, 0.2) is 0 Å². The molecule has 0 aliphatic rings. The van der Waals surface area contributed by atoms with Gasteiger partial charge >= 0.3 is 11.9 Å². The number of nitrogens with one attached hydrogen (secondary N) is 2. The molecule has 0 saturated carbocycles. The first kappa shape index (κ1) is 21.4. The zero-order valence-electron chi connectivity index (χ0n) is 15.9. The molecule has 0 saturated heterocycles. The van der Waals surface area contributed by atoms with Gasteiger partial charge in [0.2, 0.25) is 0 Å². The molecular formula is C20H20N2O7. The first-order valence-corrected chi connectivity index (χ1v) is 8.78. The summed E-state index contributed by atoms with van der Waals surface area (Å²) in [6, 6.07) is 11.6. The molecule has 0 aliphatic carbocycles. The summed E-state index contributed by atoms with van der Waals surface area (Å²) in [4.78, 5) is 50.8. The van der Waals surface area contributed by atoms with Crippen LogP contribution in [-0.4, -0.2) is 35.5 Å². The van der Waals surface area contributed by atoms with E-state index in [2.05, 4.69) is 10.2 Å². The number of carboxylic acids is 1. The van der Waals surface area contributed by atoms with Crippen molar-refractivity contribution in [1.29, 1.82) is 0 Å². The van der Waals surface area contributed by atoms with E-state index >= 15 is 0 Å². The zero-order chi connectivity index (χ0) is 21.4. The van der Waals surface area contributed by atoms with Crippen molar-refractivity contribution in [2.24, 2.45) is 0 Å². The van der Waals surface area contributed by atoms with Crippen molar-refractivity contribution in [2.75, 3.05) is 11.9 Å². The van der Waals surface area contributed by atoms with Crippen LogP contribution in [0.25, 0.3) is 0 Å². The van der Waals surface area contributed by atoms with Crippen LogP contribution in [0.15, 0.2) is 42.5 Å². The summed E-state index contributed by atoms with van der Waals surface area (Å²) >= 11 is 0. The van der Waals surface area contributed by atoms with Crippen molar-refractivity contribution in [2.45, 2.75) is 20.3 Å². The van der Waals surface area contributed by atoms with Gasteiger partial charge in [-0.2, -0.15) is 5.48 Å². The monoisotopic (exact) mass is 400 g/mol. The lowest BCUT2D eigenvalue weighted by molar-refractivity contribution is -0.167. The van der Waals surface area contributed by atoms with Crippen molar-refractivity contribution in [3.05, 3.63) is 59.2 Å². The number of hydroxylamine groups is 1. The minimum absolute atomic E-state index is 0.0228. The van der Waals surface area contributed by atoms with Crippen molar-refractivity contribution in [1.82, 2.24) is 5.48 Å². The summed E-state index contributed by atoms with van der Waals surface area (Å²) in [6.45, 7) is 3.79. The molecule has 2 aromatic rings. The number of carbonyl (C=O) groups is 4. The highest BCUT2D eigenvalue weighted by Gasteiger charge is 2.23. The third-order valence-electron chi connectivity index (χ3n) is 3.85. The number of carboxylic acid groups (broad SMARTS) is 1. The van der Waals surface area contributed by atoms with Crippen LogP contribution in [-0.2, 0) is 20.8 Å². The van der Waals surface area contributed by atoms with E-state index in [0.717, 1.165) is 5.56 Å². The van der Waals surface area contributed by atoms with Gasteiger partial charge in [0.1, 0.15) is 5.75 Å². The minimum Gasteiger partial charge on any atom is -0.492 e. The molecule has 0 radical (unpaired) electrons. The molecule has 29 heavy (non-hydrogen) atoms. The van der Waals surface area contributed by atoms with Crippen LogP contribution in [0.2, 0.25) is 0 Å². The number of para-hydroxylation sites is 2. The van der Waals surface area contributed by atoms with E-state index in [1.165, 1.54) is 18.2 Å². The number of aryl methyl sites for hydroxylation is 1. The average molecular weight is 400 g/mol. The molecule has 2 aromatic carbocycles. The Labute approximate surface area is 166 Å². The highest BCUT2D eigenvalue weighted by Crippen LogP contribution is 2.26. The molecule has 0 bridgehead atoms. The fraction of sp³-hybridized carbons (Fsp3) is 0.200. The summed E-state index contributed by atoms with van der Waals surface area (Å²) < 4.78 is 5.48. The van der Waals surface area contributed by atoms with Gasteiger partial charge in [-0.25, -0.2) is 9.59 Å². The first-order chi connectivity index (χ1) is 13.9. The summed E-state index contributed by atoms with van der Waals surface area (Å²) in [5, 5.41) is 11.3. The number of ether oxygens (including phenoxy) is 1. The molecule has 0 aromatic heterocycles. The van der Waals surface area contributed by atoms with Crippen LogP contribution in [0.3, 0.4) is 0 Å². The predicted molar refractivity (Wildman–Crippen MR) is 103 cm³/mol. The average Bonchev–Trinajstić information content (AvgIpc) is 2.72. The van der Waals surface area contributed by atoms with E-state index in [9.17, 15) is 19.2 Å². The standard InChI is InChI=1S/C20H20N2O7/c1-3-12-8-5-6-11-15(12)21-17(23)13-9-7-10-14(16(13)28-4-2)18(24)22-29-20(27)19(25)26/h5-11H,3-4H2,1-2H3,(H,21,23)(H,22,24)(H,25,26). The maximum Gasteiger partial charge on any atom is 0.441 e. The van der Waals surface area contributed by atoms with E-state index < -0.39 is 23.8 Å². The normalized spacial score (nSPS) is 10.0. The predicted octanol–water partition coefficient (Wildman–Crippen LogP) is 2.17. The summed E-state index contributed by atoms with van der Waals surface area (Å²) in [7, 11) is 0. The van der Waals surface area contributed by atoms with E-state index in [-0.39, 0.29) is 23.5 Å².